The maximum absolute atomic E-state index is 12.9. The summed E-state index contributed by atoms with van der Waals surface area (Å²) in [6, 6.07) is 3.64. The maximum atomic E-state index is 12.9. The largest absolute Gasteiger partial charge is 0.476 e. The van der Waals surface area contributed by atoms with E-state index in [1.807, 2.05) is 6.07 Å². The lowest BCUT2D eigenvalue weighted by atomic mass is 10.0. The van der Waals surface area contributed by atoms with Crippen molar-refractivity contribution in [3.63, 3.8) is 0 Å². The van der Waals surface area contributed by atoms with Crippen molar-refractivity contribution in [1.82, 2.24) is 30.0 Å². The molecule has 0 aliphatic carbocycles. The fourth-order valence-corrected chi connectivity index (χ4v) is 3.13. The zero-order valence-electron chi connectivity index (χ0n) is 14.5. The van der Waals surface area contributed by atoms with Gasteiger partial charge in [-0.05, 0) is 19.1 Å². The number of H-pyrrole nitrogens is 1. The topological polar surface area (TPSA) is 125 Å². The molecule has 27 heavy (non-hydrogen) atoms. The molecule has 9 nitrogen and oxygen atoms in total. The Balaban J connectivity index is 1.60. The van der Waals surface area contributed by atoms with Gasteiger partial charge in [-0.3, -0.25) is 14.9 Å². The van der Waals surface area contributed by atoms with E-state index in [0.717, 1.165) is 11.3 Å². The summed E-state index contributed by atoms with van der Waals surface area (Å²) in [5.41, 5.74) is 3.00. The molecule has 1 amide bonds. The van der Waals surface area contributed by atoms with Crippen LogP contribution in [0.3, 0.4) is 0 Å². The predicted octanol–water partition coefficient (Wildman–Crippen LogP) is 1.47. The summed E-state index contributed by atoms with van der Waals surface area (Å²) in [5.74, 6) is -0.836. The Hall–Kier alpha value is -3.62. The number of hydrogen-bond donors (Lipinski definition) is 2. The molecule has 4 heterocycles. The van der Waals surface area contributed by atoms with E-state index >= 15 is 0 Å². The van der Waals surface area contributed by atoms with Crippen molar-refractivity contribution in [3.05, 3.63) is 58.9 Å². The lowest BCUT2D eigenvalue weighted by Crippen LogP contribution is -2.36. The van der Waals surface area contributed by atoms with Gasteiger partial charge in [-0.2, -0.15) is 5.10 Å². The highest BCUT2D eigenvalue weighted by molar-refractivity contribution is 5.95. The van der Waals surface area contributed by atoms with E-state index in [4.69, 9.17) is 0 Å². The van der Waals surface area contributed by atoms with Gasteiger partial charge in [0, 0.05) is 48.4 Å². The molecule has 1 aliphatic heterocycles. The van der Waals surface area contributed by atoms with Gasteiger partial charge >= 0.3 is 5.97 Å². The van der Waals surface area contributed by atoms with Crippen LogP contribution >= 0.6 is 0 Å². The third-order valence-electron chi connectivity index (χ3n) is 4.55. The van der Waals surface area contributed by atoms with Gasteiger partial charge in [-0.25, -0.2) is 14.8 Å². The Morgan fingerprint density at radius 2 is 2.15 bits per heavy atom. The maximum Gasteiger partial charge on any atom is 0.356 e. The number of rotatable bonds is 3. The standard InChI is InChI=1S/C18H16N6O3/c1-10-12(8-20-16(21-10)11-3-2-5-19-7-11)17(25)24-6-4-14-13(9-24)15(18(26)27)23-22-14/h2-3,5,7-8H,4,6,9H2,1H3,(H,22,23)(H,26,27). The second-order valence-corrected chi connectivity index (χ2v) is 6.25. The monoisotopic (exact) mass is 364 g/mol. The number of hydrogen-bond acceptors (Lipinski definition) is 6. The minimum absolute atomic E-state index is 0.0394. The summed E-state index contributed by atoms with van der Waals surface area (Å²) < 4.78 is 0. The Labute approximate surface area is 154 Å². The Kier molecular flexibility index (Phi) is 4.11. The Bertz CT molecular complexity index is 1030. The van der Waals surface area contributed by atoms with Gasteiger partial charge in [0.1, 0.15) is 0 Å². The first-order valence-electron chi connectivity index (χ1n) is 8.37. The van der Waals surface area contributed by atoms with E-state index in [1.165, 1.54) is 6.20 Å². The summed E-state index contributed by atoms with van der Waals surface area (Å²) >= 11 is 0. The summed E-state index contributed by atoms with van der Waals surface area (Å²) in [7, 11) is 0. The highest BCUT2D eigenvalue weighted by atomic mass is 16.4. The molecule has 4 rings (SSSR count). The van der Waals surface area contributed by atoms with Crippen molar-refractivity contribution in [2.75, 3.05) is 6.54 Å². The Morgan fingerprint density at radius 1 is 1.30 bits per heavy atom. The van der Waals surface area contributed by atoms with E-state index in [0.29, 0.717) is 35.6 Å². The minimum atomic E-state index is -1.11. The molecule has 0 bridgehead atoms. The number of carbonyl (C=O) groups excluding carboxylic acids is 1. The second-order valence-electron chi connectivity index (χ2n) is 6.25. The van der Waals surface area contributed by atoms with Crippen molar-refractivity contribution in [1.29, 1.82) is 0 Å². The van der Waals surface area contributed by atoms with Gasteiger partial charge in [0.2, 0.25) is 0 Å². The van der Waals surface area contributed by atoms with Crippen molar-refractivity contribution in [3.8, 4) is 11.4 Å². The number of fused-ring (bicyclic) bond motifs is 1. The number of amides is 1. The smallest absolute Gasteiger partial charge is 0.356 e. The highest BCUT2D eigenvalue weighted by Crippen LogP contribution is 2.23. The van der Waals surface area contributed by atoms with Gasteiger partial charge < -0.3 is 10.0 Å². The van der Waals surface area contributed by atoms with Crippen LogP contribution in [0.15, 0.2) is 30.7 Å². The van der Waals surface area contributed by atoms with E-state index in [2.05, 4.69) is 25.1 Å². The number of carbonyl (C=O) groups is 2. The van der Waals surface area contributed by atoms with E-state index in [1.54, 1.807) is 30.3 Å². The van der Waals surface area contributed by atoms with Gasteiger partial charge in [-0.15, -0.1) is 0 Å². The quantitative estimate of drug-likeness (QED) is 0.721. The number of aromatic carboxylic acids is 1. The van der Waals surface area contributed by atoms with Crippen LogP contribution < -0.4 is 0 Å². The van der Waals surface area contributed by atoms with Crippen LogP contribution in [-0.4, -0.2) is 53.6 Å². The van der Waals surface area contributed by atoms with Crippen LogP contribution in [0.4, 0.5) is 0 Å². The average molecular weight is 364 g/mol. The van der Waals surface area contributed by atoms with Gasteiger partial charge in [-0.1, -0.05) is 0 Å². The number of aromatic amines is 1. The molecule has 3 aromatic rings. The zero-order chi connectivity index (χ0) is 19.0. The number of nitrogens with one attached hydrogen (secondary N) is 1. The molecule has 0 radical (unpaired) electrons. The fourth-order valence-electron chi connectivity index (χ4n) is 3.13. The van der Waals surface area contributed by atoms with Crippen molar-refractivity contribution >= 4 is 11.9 Å². The fraction of sp³-hybridized carbons (Fsp3) is 0.222. The summed E-state index contributed by atoms with van der Waals surface area (Å²) in [5, 5.41) is 15.8. The van der Waals surface area contributed by atoms with Crippen LogP contribution in [0.2, 0.25) is 0 Å². The van der Waals surface area contributed by atoms with E-state index in [-0.39, 0.29) is 18.1 Å². The van der Waals surface area contributed by atoms with Crippen molar-refractivity contribution in [2.24, 2.45) is 0 Å². The number of aryl methyl sites for hydroxylation is 1. The molecule has 136 valence electrons. The van der Waals surface area contributed by atoms with Crippen LogP contribution in [0.5, 0.6) is 0 Å². The molecule has 2 N–H and O–H groups in total. The summed E-state index contributed by atoms with van der Waals surface area (Å²) in [6.07, 6.45) is 5.36. The minimum Gasteiger partial charge on any atom is -0.476 e. The zero-order valence-corrected chi connectivity index (χ0v) is 14.5. The average Bonchev–Trinajstić information content (AvgIpc) is 3.11. The lowest BCUT2D eigenvalue weighted by molar-refractivity contribution is 0.0674. The SMILES string of the molecule is Cc1nc(-c2cccnc2)ncc1C(=O)N1CCc2[nH]nc(C(=O)O)c2C1. The molecule has 0 aromatic carbocycles. The third kappa shape index (κ3) is 3.03. The molecule has 9 heteroatoms. The number of carboxylic acids is 1. The van der Waals surface area contributed by atoms with Gasteiger partial charge in [0.05, 0.1) is 17.8 Å². The molecule has 0 fully saturated rings. The van der Waals surface area contributed by atoms with Crippen LogP contribution in [-0.2, 0) is 13.0 Å². The molecular weight excluding hydrogens is 348 g/mol. The first-order chi connectivity index (χ1) is 13.0. The van der Waals surface area contributed by atoms with E-state index < -0.39 is 5.97 Å². The normalized spacial score (nSPS) is 13.3. The molecular formula is C18H16N6O3. The van der Waals surface area contributed by atoms with Crippen LogP contribution in [0.1, 0.15) is 37.8 Å². The molecule has 0 atom stereocenters. The third-order valence-corrected chi connectivity index (χ3v) is 4.55. The van der Waals surface area contributed by atoms with Gasteiger partial charge in [0.15, 0.2) is 11.5 Å². The summed E-state index contributed by atoms with van der Waals surface area (Å²) in [4.78, 5) is 38.6. The number of aromatic nitrogens is 5. The first kappa shape index (κ1) is 16.8. The Morgan fingerprint density at radius 3 is 2.85 bits per heavy atom. The predicted molar refractivity (Wildman–Crippen MR) is 94.0 cm³/mol. The highest BCUT2D eigenvalue weighted by Gasteiger charge is 2.29. The van der Waals surface area contributed by atoms with Gasteiger partial charge in [0.25, 0.3) is 5.91 Å². The molecule has 3 aromatic heterocycles. The number of pyridine rings is 1. The lowest BCUT2D eigenvalue weighted by Gasteiger charge is -2.27. The molecule has 0 saturated heterocycles. The van der Waals surface area contributed by atoms with E-state index in [9.17, 15) is 14.7 Å². The molecule has 0 saturated carbocycles. The van der Waals surface area contributed by atoms with Crippen LogP contribution in [0, 0.1) is 6.92 Å². The number of carboxylic acid groups (broad SMARTS) is 1. The second kappa shape index (κ2) is 6.60. The first-order valence-corrected chi connectivity index (χ1v) is 8.37. The van der Waals surface area contributed by atoms with Crippen molar-refractivity contribution in [2.45, 2.75) is 19.9 Å². The molecule has 0 unspecified atom stereocenters. The summed E-state index contributed by atoms with van der Waals surface area (Å²) in [6.45, 7) is 2.41. The molecule has 0 spiro atoms. The number of nitrogens with zero attached hydrogens (tertiary/aromatic N) is 5. The van der Waals surface area contributed by atoms with Crippen molar-refractivity contribution < 1.29 is 14.7 Å². The van der Waals surface area contributed by atoms with Crippen LogP contribution in [0.25, 0.3) is 11.4 Å². The molecule has 1 aliphatic rings.